The number of hydrogen-bond acceptors (Lipinski definition) is 4. The number of rotatable bonds is 4. The predicted octanol–water partition coefficient (Wildman–Crippen LogP) is 3.94. The lowest BCUT2D eigenvalue weighted by Gasteiger charge is -2.28. The van der Waals surface area contributed by atoms with Crippen LogP contribution in [-0.2, 0) is 6.54 Å². The van der Waals surface area contributed by atoms with E-state index in [1.54, 1.807) is 0 Å². The van der Waals surface area contributed by atoms with Gasteiger partial charge in [-0.05, 0) is 49.6 Å². The van der Waals surface area contributed by atoms with Crippen LogP contribution >= 0.6 is 27.7 Å². The monoisotopic (exact) mass is 357 g/mol. The molecule has 0 spiro atoms. The summed E-state index contributed by atoms with van der Waals surface area (Å²) >= 11 is 5.63. The fourth-order valence-electron chi connectivity index (χ4n) is 2.85. The molecule has 0 unspecified atom stereocenters. The minimum atomic E-state index is 0.331. The average Bonchev–Trinajstić information content (AvgIpc) is 2.92. The van der Waals surface area contributed by atoms with E-state index in [4.69, 9.17) is 9.47 Å². The summed E-state index contributed by atoms with van der Waals surface area (Å²) in [5, 5.41) is 4.54. The number of fused-ring (bicyclic) bond motifs is 1. The molecule has 1 aromatic rings. The molecule has 5 heteroatoms. The zero-order valence-corrected chi connectivity index (χ0v) is 14.1. The van der Waals surface area contributed by atoms with Gasteiger partial charge in [0.1, 0.15) is 0 Å². The summed E-state index contributed by atoms with van der Waals surface area (Å²) in [7, 11) is 0. The summed E-state index contributed by atoms with van der Waals surface area (Å²) in [6, 6.07) is 4.73. The maximum Gasteiger partial charge on any atom is 0.231 e. The molecule has 1 aliphatic heterocycles. The van der Waals surface area contributed by atoms with Crippen molar-refractivity contribution in [3.8, 4) is 11.5 Å². The predicted molar refractivity (Wildman–Crippen MR) is 86.7 cm³/mol. The Morgan fingerprint density at radius 2 is 1.90 bits per heavy atom. The molecule has 110 valence electrons. The smallest absolute Gasteiger partial charge is 0.231 e. The number of thioether (sulfide) groups is 1. The van der Waals surface area contributed by atoms with Gasteiger partial charge in [0.25, 0.3) is 0 Å². The first-order valence-corrected chi connectivity index (χ1v) is 9.18. The fourth-order valence-corrected chi connectivity index (χ4v) is 4.06. The average molecular weight is 358 g/mol. The molecule has 1 aromatic carbocycles. The van der Waals surface area contributed by atoms with E-state index in [2.05, 4.69) is 33.6 Å². The fraction of sp³-hybridized carbons (Fsp3) is 0.600. The molecule has 3 rings (SSSR count). The van der Waals surface area contributed by atoms with Gasteiger partial charge in [-0.2, -0.15) is 11.8 Å². The summed E-state index contributed by atoms with van der Waals surface area (Å²) in [5.41, 5.74) is 1.24. The summed E-state index contributed by atoms with van der Waals surface area (Å²) < 4.78 is 11.9. The zero-order chi connectivity index (χ0) is 13.9. The largest absolute Gasteiger partial charge is 0.454 e. The van der Waals surface area contributed by atoms with Crippen molar-refractivity contribution in [3.05, 3.63) is 22.2 Å². The van der Waals surface area contributed by atoms with Gasteiger partial charge in [0.05, 0.1) is 0 Å². The first kappa shape index (κ1) is 14.5. The second kappa shape index (κ2) is 6.58. The molecule has 0 radical (unpaired) electrons. The third-order valence-corrected chi connectivity index (χ3v) is 6.01. The van der Waals surface area contributed by atoms with Crippen molar-refractivity contribution in [3.63, 3.8) is 0 Å². The van der Waals surface area contributed by atoms with E-state index in [1.807, 2.05) is 17.8 Å². The van der Waals surface area contributed by atoms with E-state index in [9.17, 15) is 0 Å². The van der Waals surface area contributed by atoms with Crippen LogP contribution in [0.5, 0.6) is 11.5 Å². The highest BCUT2D eigenvalue weighted by molar-refractivity contribution is 9.10. The van der Waals surface area contributed by atoms with Gasteiger partial charge in [-0.25, -0.2) is 0 Å². The van der Waals surface area contributed by atoms with Gasteiger partial charge in [0, 0.05) is 22.3 Å². The maximum absolute atomic E-state index is 5.44. The molecule has 2 aliphatic rings. The third kappa shape index (κ3) is 3.26. The highest BCUT2D eigenvalue weighted by atomic mass is 79.9. The quantitative estimate of drug-likeness (QED) is 0.883. The highest BCUT2D eigenvalue weighted by Crippen LogP contribution is 2.37. The van der Waals surface area contributed by atoms with Crippen molar-refractivity contribution in [2.24, 2.45) is 0 Å². The summed E-state index contributed by atoms with van der Waals surface area (Å²) in [4.78, 5) is 0. The van der Waals surface area contributed by atoms with Crippen molar-refractivity contribution in [1.29, 1.82) is 0 Å². The van der Waals surface area contributed by atoms with E-state index in [1.165, 1.54) is 31.2 Å². The van der Waals surface area contributed by atoms with E-state index >= 15 is 0 Å². The van der Waals surface area contributed by atoms with Gasteiger partial charge in [0.15, 0.2) is 11.5 Å². The number of hydrogen-bond donors (Lipinski definition) is 1. The molecule has 20 heavy (non-hydrogen) atoms. The zero-order valence-electron chi connectivity index (χ0n) is 11.7. The number of nitrogens with one attached hydrogen (secondary N) is 1. The Morgan fingerprint density at radius 1 is 1.20 bits per heavy atom. The first-order valence-electron chi connectivity index (χ1n) is 7.10. The van der Waals surface area contributed by atoms with Crippen LogP contribution in [0.1, 0.15) is 31.2 Å². The minimum absolute atomic E-state index is 0.331. The summed E-state index contributed by atoms with van der Waals surface area (Å²) in [6.45, 7) is 1.21. The van der Waals surface area contributed by atoms with Crippen LogP contribution in [0.2, 0.25) is 0 Å². The molecule has 1 saturated carbocycles. The van der Waals surface area contributed by atoms with Crippen molar-refractivity contribution < 1.29 is 9.47 Å². The Bertz CT molecular complexity index is 475. The SMILES string of the molecule is CSC1CCC(NCc2cc3c(cc2Br)OCO3)CC1. The second-order valence-corrected chi connectivity index (χ2v) is 7.38. The van der Waals surface area contributed by atoms with Crippen LogP contribution in [0.3, 0.4) is 0 Å². The molecule has 0 aromatic heterocycles. The van der Waals surface area contributed by atoms with Gasteiger partial charge in [-0.1, -0.05) is 15.9 Å². The van der Waals surface area contributed by atoms with Gasteiger partial charge >= 0.3 is 0 Å². The van der Waals surface area contributed by atoms with E-state index in [-0.39, 0.29) is 0 Å². The molecule has 0 saturated heterocycles. The van der Waals surface area contributed by atoms with Crippen molar-refractivity contribution in [1.82, 2.24) is 5.32 Å². The highest BCUT2D eigenvalue weighted by Gasteiger charge is 2.21. The molecular weight excluding hydrogens is 338 g/mol. The van der Waals surface area contributed by atoms with Crippen LogP contribution in [0, 0.1) is 0 Å². The Morgan fingerprint density at radius 3 is 2.60 bits per heavy atom. The van der Waals surface area contributed by atoms with Crippen LogP contribution in [-0.4, -0.2) is 24.3 Å². The van der Waals surface area contributed by atoms with Gasteiger partial charge in [-0.3, -0.25) is 0 Å². The molecule has 0 bridgehead atoms. The van der Waals surface area contributed by atoms with Crippen LogP contribution in [0.15, 0.2) is 16.6 Å². The molecule has 1 aliphatic carbocycles. The first-order chi connectivity index (χ1) is 9.76. The van der Waals surface area contributed by atoms with Crippen molar-refractivity contribution in [2.45, 2.75) is 43.5 Å². The van der Waals surface area contributed by atoms with Gasteiger partial charge in [-0.15, -0.1) is 0 Å². The number of halogens is 1. The van der Waals surface area contributed by atoms with Gasteiger partial charge < -0.3 is 14.8 Å². The van der Waals surface area contributed by atoms with Crippen LogP contribution in [0.25, 0.3) is 0 Å². The van der Waals surface area contributed by atoms with E-state index in [0.29, 0.717) is 12.8 Å². The van der Waals surface area contributed by atoms with Crippen molar-refractivity contribution in [2.75, 3.05) is 13.0 Å². The third-order valence-electron chi connectivity index (χ3n) is 4.13. The van der Waals surface area contributed by atoms with Crippen LogP contribution < -0.4 is 14.8 Å². The summed E-state index contributed by atoms with van der Waals surface area (Å²) in [5.74, 6) is 1.69. The Labute approximate surface area is 132 Å². The lowest BCUT2D eigenvalue weighted by atomic mass is 9.95. The molecule has 3 nitrogen and oxygen atoms in total. The Kier molecular flexibility index (Phi) is 4.79. The summed E-state index contributed by atoms with van der Waals surface area (Å²) in [6.07, 6.45) is 7.46. The number of ether oxygens (including phenoxy) is 2. The maximum atomic E-state index is 5.44. The van der Waals surface area contributed by atoms with Crippen LogP contribution in [0.4, 0.5) is 0 Å². The van der Waals surface area contributed by atoms with E-state index in [0.717, 1.165) is 27.8 Å². The molecule has 1 fully saturated rings. The second-order valence-electron chi connectivity index (χ2n) is 5.39. The number of benzene rings is 1. The standard InChI is InChI=1S/C15H20BrNO2S/c1-20-12-4-2-11(3-5-12)17-8-10-6-14-15(7-13(10)16)19-9-18-14/h6-7,11-12,17H,2-5,8-9H2,1H3. The lowest BCUT2D eigenvalue weighted by Crippen LogP contribution is -2.33. The molecular formula is C15H20BrNO2S. The normalized spacial score (nSPS) is 24.9. The van der Waals surface area contributed by atoms with Gasteiger partial charge in [0.2, 0.25) is 6.79 Å². The lowest BCUT2D eigenvalue weighted by molar-refractivity contribution is 0.174. The Hall–Kier alpha value is -0.390. The molecule has 1 heterocycles. The Balaban J connectivity index is 1.56. The molecule has 0 amide bonds. The van der Waals surface area contributed by atoms with Crippen molar-refractivity contribution >= 4 is 27.7 Å². The molecule has 1 N–H and O–H groups in total. The molecule has 0 atom stereocenters. The van der Waals surface area contributed by atoms with E-state index < -0.39 is 0 Å². The minimum Gasteiger partial charge on any atom is -0.454 e. The topological polar surface area (TPSA) is 30.5 Å².